The van der Waals surface area contributed by atoms with Crippen molar-refractivity contribution in [2.24, 2.45) is 0 Å². The molecule has 0 aliphatic carbocycles. The Morgan fingerprint density at radius 1 is 1.31 bits per heavy atom. The summed E-state index contributed by atoms with van der Waals surface area (Å²) < 4.78 is 0. The lowest BCUT2D eigenvalue weighted by Crippen LogP contribution is -2.24. The average Bonchev–Trinajstić information content (AvgIpc) is 2.30. The number of benzene rings is 1. The summed E-state index contributed by atoms with van der Waals surface area (Å²) in [4.78, 5) is 12.8. The molecule has 0 atom stereocenters. The van der Waals surface area contributed by atoms with Crippen LogP contribution in [0, 0.1) is 0 Å². The summed E-state index contributed by atoms with van der Waals surface area (Å²) in [6, 6.07) is 10.0. The monoisotopic (exact) mass is 215 g/mol. The number of carboxylic acid groups (broad SMARTS) is 1. The minimum Gasteiger partial charge on any atom is -0.478 e. The van der Waals surface area contributed by atoms with Gasteiger partial charge in [0.25, 0.3) is 0 Å². The Bertz CT molecular complexity index is 435. The molecule has 1 aromatic carbocycles. The average molecular weight is 215 g/mol. The molecule has 1 aliphatic heterocycles. The van der Waals surface area contributed by atoms with Crippen LogP contribution in [0.1, 0.15) is 5.56 Å². The van der Waals surface area contributed by atoms with E-state index >= 15 is 0 Å². The predicted molar refractivity (Wildman–Crippen MR) is 61.7 cm³/mol. The van der Waals surface area contributed by atoms with Gasteiger partial charge in [-0.05, 0) is 23.9 Å². The SMILES string of the molecule is O=C(O)C1=CC=CN(Cc2ccccc2)C1. The number of aliphatic carboxylic acids is 1. The minimum atomic E-state index is -0.845. The van der Waals surface area contributed by atoms with Crippen molar-refractivity contribution in [3.05, 3.63) is 59.8 Å². The second-order valence-corrected chi connectivity index (χ2v) is 3.73. The Morgan fingerprint density at radius 2 is 2.06 bits per heavy atom. The van der Waals surface area contributed by atoms with Crippen LogP contribution in [0.3, 0.4) is 0 Å². The molecule has 3 nitrogen and oxygen atoms in total. The molecule has 0 amide bonds. The van der Waals surface area contributed by atoms with Crippen LogP contribution in [-0.4, -0.2) is 22.5 Å². The first-order valence-corrected chi connectivity index (χ1v) is 5.14. The van der Waals surface area contributed by atoms with Crippen LogP contribution in [0.25, 0.3) is 0 Å². The van der Waals surface area contributed by atoms with Crippen LogP contribution >= 0.6 is 0 Å². The van der Waals surface area contributed by atoms with Gasteiger partial charge in [0, 0.05) is 13.1 Å². The first-order chi connectivity index (χ1) is 7.75. The normalized spacial score (nSPS) is 14.8. The van der Waals surface area contributed by atoms with Crippen molar-refractivity contribution in [2.45, 2.75) is 6.54 Å². The van der Waals surface area contributed by atoms with Gasteiger partial charge in [-0.3, -0.25) is 0 Å². The summed E-state index contributed by atoms with van der Waals surface area (Å²) in [6.07, 6.45) is 5.33. The Hall–Kier alpha value is -2.03. The molecule has 3 heteroatoms. The maximum atomic E-state index is 10.8. The lowest BCUT2D eigenvalue weighted by molar-refractivity contribution is -0.132. The van der Waals surface area contributed by atoms with E-state index in [0.29, 0.717) is 12.1 Å². The zero-order chi connectivity index (χ0) is 11.4. The first-order valence-electron chi connectivity index (χ1n) is 5.14. The zero-order valence-corrected chi connectivity index (χ0v) is 8.84. The largest absolute Gasteiger partial charge is 0.478 e. The molecule has 0 aromatic heterocycles. The van der Waals surface area contributed by atoms with Gasteiger partial charge in [0.2, 0.25) is 0 Å². The van der Waals surface area contributed by atoms with Gasteiger partial charge in [0.1, 0.15) is 0 Å². The van der Waals surface area contributed by atoms with E-state index in [-0.39, 0.29) is 0 Å². The van der Waals surface area contributed by atoms with Crippen LogP contribution in [0.4, 0.5) is 0 Å². The van der Waals surface area contributed by atoms with E-state index in [4.69, 9.17) is 5.11 Å². The molecule has 0 saturated heterocycles. The third-order valence-electron chi connectivity index (χ3n) is 2.47. The highest BCUT2D eigenvalue weighted by atomic mass is 16.4. The van der Waals surface area contributed by atoms with Crippen molar-refractivity contribution >= 4 is 5.97 Å². The molecule has 16 heavy (non-hydrogen) atoms. The standard InChI is InChI=1S/C13H13NO2/c15-13(16)12-7-4-8-14(10-12)9-11-5-2-1-3-6-11/h1-8H,9-10H2,(H,15,16). The molecule has 2 rings (SSSR count). The third-order valence-corrected chi connectivity index (χ3v) is 2.47. The number of rotatable bonds is 3. The summed E-state index contributed by atoms with van der Waals surface area (Å²) in [6.45, 7) is 1.20. The van der Waals surface area contributed by atoms with Gasteiger partial charge in [-0.25, -0.2) is 4.79 Å². The quantitative estimate of drug-likeness (QED) is 0.838. The smallest absolute Gasteiger partial charge is 0.333 e. The van der Waals surface area contributed by atoms with E-state index in [1.54, 1.807) is 12.2 Å². The lowest BCUT2D eigenvalue weighted by Gasteiger charge is -2.23. The first kappa shape index (κ1) is 10.5. The Balaban J connectivity index is 2.02. The fourth-order valence-electron chi connectivity index (χ4n) is 1.67. The number of carbonyl (C=O) groups is 1. The Labute approximate surface area is 94.3 Å². The number of hydrogen-bond donors (Lipinski definition) is 1. The molecule has 0 bridgehead atoms. The van der Waals surface area contributed by atoms with Gasteiger partial charge in [0.05, 0.1) is 5.57 Å². The van der Waals surface area contributed by atoms with Crippen LogP contribution in [0.5, 0.6) is 0 Å². The Kier molecular flexibility index (Phi) is 3.05. The molecular formula is C13H13NO2. The molecular weight excluding hydrogens is 202 g/mol. The fraction of sp³-hybridized carbons (Fsp3) is 0.154. The van der Waals surface area contributed by atoms with E-state index in [1.807, 2.05) is 41.4 Å². The van der Waals surface area contributed by atoms with Crippen LogP contribution in [0.15, 0.2) is 54.3 Å². The molecule has 1 aromatic rings. The lowest BCUT2D eigenvalue weighted by atomic mass is 10.1. The molecule has 1 N–H and O–H groups in total. The van der Waals surface area contributed by atoms with Gasteiger partial charge in [-0.15, -0.1) is 0 Å². The minimum absolute atomic E-state index is 0.429. The highest BCUT2D eigenvalue weighted by molar-refractivity contribution is 5.87. The summed E-state index contributed by atoms with van der Waals surface area (Å²) >= 11 is 0. The van der Waals surface area contributed by atoms with Gasteiger partial charge in [0.15, 0.2) is 0 Å². The Morgan fingerprint density at radius 3 is 2.75 bits per heavy atom. The highest BCUT2D eigenvalue weighted by Gasteiger charge is 2.13. The molecule has 0 unspecified atom stereocenters. The molecule has 82 valence electrons. The molecule has 0 saturated carbocycles. The molecule has 0 spiro atoms. The van der Waals surface area contributed by atoms with Crippen LogP contribution in [0.2, 0.25) is 0 Å². The topological polar surface area (TPSA) is 40.5 Å². The van der Waals surface area contributed by atoms with Crippen molar-refractivity contribution in [1.82, 2.24) is 4.90 Å². The maximum absolute atomic E-state index is 10.8. The number of hydrogen-bond acceptors (Lipinski definition) is 2. The second kappa shape index (κ2) is 4.66. The van der Waals surface area contributed by atoms with Crippen molar-refractivity contribution < 1.29 is 9.90 Å². The third kappa shape index (κ3) is 2.51. The summed E-state index contributed by atoms with van der Waals surface area (Å²) in [5.74, 6) is -0.845. The number of nitrogens with zero attached hydrogens (tertiary/aromatic N) is 1. The van der Waals surface area contributed by atoms with Gasteiger partial charge in [-0.2, -0.15) is 0 Å². The zero-order valence-electron chi connectivity index (χ0n) is 8.84. The molecule has 1 heterocycles. The van der Waals surface area contributed by atoms with E-state index in [9.17, 15) is 4.79 Å². The summed E-state index contributed by atoms with van der Waals surface area (Å²) in [7, 11) is 0. The molecule has 1 aliphatic rings. The van der Waals surface area contributed by atoms with E-state index in [1.165, 1.54) is 5.56 Å². The predicted octanol–water partition coefficient (Wildman–Crippen LogP) is 2.03. The fourth-order valence-corrected chi connectivity index (χ4v) is 1.67. The van der Waals surface area contributed by atoms with Gasteiger partial charge < -0.3 is 10.0 Å². The van der Waals surface area contributed by atoms with Crippen LogP contribution < -0.4 is 0 Å². The van der Waals surface area contributed by atoms with Crippen molar-refractivity contribution in [3.8, 4) is 0 Å². The summed E-state index contributed by atoms with van der Waals surface area (Å²) in [5, 5.41) is 8.89. The molecule has 0 radical (unpaired) electrons. The highest BCUT2D eigenvalue weighted by Crippen LogP contribution is 2.11. The van der Waals surface area contributed by atoms with E-state index in [0.717, 1.165) is 6.54 Å². The number of carboxylic acids is 1. The van der Waals surface area contributed by atoms with E-state index in [2.05, 4.69) is 0 Å². The van der Waals surface area contributed by atoms with Gasteiger partial charge in [-0.1, -0.05) is 30.3 Å². The molecule has 0 fully saturated rings. The van der Waals surface area contributed by atoms with Crippen molar-refractivity contribution in [3.63, 3.8) is 0 Å². The van der Waals surface area contributed by atoms with Crippen LogP contribution in [-0.2, 0) is 11.3 Å². The van der Waals surface area contributed by atoms with E-state index < -0.39 is 5.97 Å². The number of allylic oxidation sites excluding steroid dienone is 2. The maximum Gasteiger partial charge on any atom is 0.333 e. The van der Waals surface area contributed by atoms with Gasteiger partial charge >= 0.3 is 5.97 Å². The second-order valence-electron chi connectivity index (χ2n) is 3.73. The van der Waals surface area contributed by atoms with Crippen molar-refractivity contribution in [2.75, 3.05) is 6.54 Å². The summed E-state index contributed by atoms with van der Waals surface area (Å²) in [5.41, 5.74) is 1.61. The van der Waals surface area contributed by atoms with Crippen molar-refractivity contribution in [1.29, 1.82) is 0 Å².